The second-order valence-electron chi connectivity index (χ2n) is 5.48. The van der Waals surface area contributed by atoms with E-state index in [-0.39, 0.29) is 5.91 Å². The molecule has 0 radical (unpaired) electrons. The van der Waals surface area contributed by atoms with Crippen LogP contribution >= 0.6 is 0 Å². The van der Waals surface area contributed by atoms with Crippen molar-refractivity contribution < 1.29 is 4.79 Å². The minimum absolute atomic E-state index is 0.0994. The van der Waals surface area contributed by atoms with Gasteiger partial charge in [0.15, 0.2) is 0 Å². The highest BCUT2D eigenvalue weighted by Gasteiger charge is 2.20. The van der Waals surface area contributed by atoms with Crippen molar-refractivity contribution in [3.63, 3.8) is 0 Å². The van der Waals surface area contributed by atoms with Gasteiger partial charge in [-0.1, -0.05) is 0 Å². The first-order valence-corrected chi connectivity index (χ1v) is 7.24. The number of carbonyl (C=O) groups is 1. The van der Waals surface area contributed by atoms with Crippen molar-refractivity contribution in [3.8, 4) is 0 Å². The maximum atomic E-state index is 11.3. The first-order valence-electron chi connectivity index (χ1n) is 7.24. The average molecular weight is 279 g/mol. The van der Waals surface area contributed by atoms with E-state index in [0.717, 1.165) is 32.5 Å². The van der Waals surface area contributed by atoms with Gasteiger partial charge in [-0.25, -0.2) is 0 Å². The van der Waals surface area contributed by atoms with Gasteiger partial charge >= 0.3 is 0 Å². The van der Waals surface area contributed by atoms with Gasteiger partial charge in [0.25, 0.3) is 0 Å². The van der Waals surface area contributed by atoms with E-state index < -0.39 is 0 Å². The molecule has 1 aliphatic rings. The van der Waals surface area contributed by atoms with Crippen LogP contribution in [-0.4, -0.2) is 53.3 Å². The fraction of sp³-hybridized carbons (Fsp3) is 0.714. The molecule has 1 saturated heterocycles. The lowest BCUT2D eigenvalue weighted by molar-refractivity contribution is -0.122. The second kappa shape index (κ2) is 6.85. The lowest BCUT2D eigenvalue weighted by atomic mass is 10.0. The highest BCUT2D eigenvalue weighted by Crippen LogP contribution is 2.12. The van der Waals surface area contributed by atoms with Gasteiger partial charge in [-0.3, -0.25) is 14.4 Å². The second-order valence-corrected chi connectivity index (χ2v) is 5.48. The van der Waals surface area contributed by atoms with E-state index in [2.05, 4.69) is 27.6 Å². The predicted molar refractivity (Wildman–Crippen MR) is 78.3 cm³/mol. The Morgan fingerprint density at radius 3 is 2.70 bits per heavy atom. The zero-order valence-corrected chi connectivity index (χ0v) is 12.6. The maximum Gasteiger partial charge on any atom is 0.233 e. The lowest BCUT2D eigenvalue weighted by Crippen LogP contribution is -2.45. The van der Waals surface area contributed by atoms with E-state index in [9.17, 15) is 4.79 Å². The summed E-state index contributed by atoms with van der Waals surface area (Å²) in [6.07, 6.45) is 4.12. The number of likely N-dealkylation sites (N-methyl/N-ethyl adjacent to an activating group) is 1. The highest BCUT2D eigenvalue weighted by molar-refractivity contribution is 5.77. The SMILES string of the molecule is CNC(=O)CN1CCC(NCc2cnn(C)c2C)CC1. The summed E-state index contributed by atoms with van der Waals surface area (Å²) in [5, 5.41) is 10.5. The Hall–Kier alpha value is -1.40. The van der Waals surface area contributed by atoms with Crippen LogP contribution in [0.5, 0.6) is 0 Å². The van der Waals surface area contributed by atoms with Crippen LogP contribution < -0.4 is 10.6 Å². The number of nitrogens with one attached hydrogen (secondary N) is 2. The van der Waals surface area contributed by atoms with Crippen LogP contribution in [0.15, 0.2) is 6.20 Å². The zero-order chi connectivity index (χ0) is 14.5. The van der Waals surface area contributed by atoms with Crippen LogP contribution in [0.25, 0.3) is 0 Å². The summed E-state index contributed by atoms with van der Waals surface area (Å²) >= 11 is 0. The number of nitrogens with zero attached hydrogens (tertiary/aromatic N) is 3. The summed E-state index contributed by atoms with van der Waals surface area (Å²) in [6, 6.07) is 0.538. The minimum Gasteiger partial charge on any atom is -0.358 e. The molecule has 0 unspecified atom stereocenters. The fourth-order valence-corrected chi connectivity index (χ4v) is 2.55. The molecule has 0 atom stereocenters. The van der Waals surface area contributed by atoms with Gasteiger partial charge in [-0.05, 0) is 19.8 Å². The summed E-state index contributed by atoms with van der Waals surface area (Å²) in [5.41, 5.74) is 2.48. The largest absolute Gasteiger partial charge is 0.358 e. The molecule has 2 heterocycles. The number of aryl methyl sites for hydroxylation is 1. The molecule has 0 bridgehead atoms. The Kier molecular flexibility index (Phi) is 5.14. The molecule has 1 aromatic rings. The number of hydrogen-bond acceptors (Lipinski definition) is 4. The molecule has 0 aliphatic carbocycles. The highest BCUT2D eigenvalue weighted by atomic mass is 16.1. The van der Waals surface area contributed by atoms with Crippen LogP contribution in [0.4, 0.5) is 0 Å². The maximum absolute atomic E-state index is 11.3. The third kappa shape index (κ3) is 3.80. The van der Waals surface area contributed by atoms with E-state index >= 15 is 0 Å². The van der Waals surface area contributed by atoms with E-state index in [1.807, 2.05) is 17.9 Å². The predicted octanol–water partition coefficient (Wildman–Crippen LogP) is 0.0285. The van der Waals surface area contributed by atoms with Crippen LogP contribution in [0.3, 0.4) is 0 Å². The smallest absolute Gasteiger partial charge is 0.233 e. The van der Waals surface area contributed by atoms with Crippen LogP contribution in [0, 0.1) is 6.92 Å². The van der Waals surface area contributed by atoms with Gasteiger partial charge in [-0.15, -0.1) is 0 Å². The Labute approximate surface area is 120 Å². The third-order valence-corrected chi connectivity index (χ3v) is 4.15. The molecule has 1 aromatic heterocycles. The molecule has 112 valence electrons. The van der Waals surface area contributed by atoms with Crippen LogP contribution in [0.1, 0.15) is 24.1 Å². The summed E-state index contributed by atoms with van der Waals surface area (Å²) in [4.78, 5) is 13.5. The van der Waals surface area contributed by atoms with Crippen molar-refractivity contribution >= 4 is 5.91 Å². The van der Waals surface area contributed by atoms with Gasteiger partial charge in [-0.2, -0.15) is 5.10 Å². The molecule has 1 fully saturated rings. The number of likely N-dealkylation sites (tertiary alicyclic amines) is 1. The Bertz CT molecular complexity index is 448. The van der Waals surface area contributed by atoms with Gasteiger partial charge in [0.1, 0.15) is 0 Å². The molecule has 0 aromatic carbocycles. The Balaban J connectivity index is 1.72. The fourth-order valence-electron chi connectivity index (χ4n) is 2.55. The molecule has 0 saturated carbocycles. The lowest BCUT2D eigenvalue weighted by Gasteiger charge is -2.31. The number of piperidine rings is 1. The van der Waals surface area contributed by atoms with E-state index in [1.165, 1.54) is 11.3 Å². The van der Waals surface area contributed by atoms with Crippen molar-refractivity contribution in [1.29, 1.82) is 0 Å². The molecule has 0 spiro atoms. The molecule has 2 rings (SSSR count). The summed E-state index contributed by atoms with van der Waals surface area (Å²) < 4.78 is 1.91. The van der Waals surface area contributed by atoms with Crippen LogP contribution in [0.2, 0.25) is 0 Å². The van der Waals surface area contributed by atoms with Crippen molar-refractivity contribution in [2.75, 3.05) is 26.7 Å². The summed E-state index contributed by atoms with van der Waals surface area (Å²) in [6.45, 7) is 5.45. The summed E-state index contributed by atoms with van der Waals surface area (Å²) in [7, 11) is 3.66. The van der Waals surface area contributed by atoms with Crippen molar-refractivity contribution in [1.82, 2.24) is 25.3 Å². The zero-order valence-electron chi connectivity index (χ0n) is 12.6. The van der Waals surface area contributed by atoms with Crippen molar-refractivity contribution in [2.24, 2.45) is 7.05 Å². The molecule has 20 heavy (non-hydrogen) atoms. The Morgan fingerprint density at radius 1 is 1.45 bits per heavy atom. The normalized spacial score (nSPS) is 17.4. The van der Waals surface area contributed by atoms with Gasteiger partial charge in [0, 0.05) is 51.0 Å². The van der Waals surface area contributed by atoms with Crippen molar-refractivity contribution in [3.05, 3.63) is 17.5 Å². The first kappa shape index (κ1) is 15.0. The number of carbonyl (C=O) groups excluding carboxylic acids is 1. The standard InChI is InChI=1S/C14H25N5O/c1-11-12(9-17-18(11)3)8-16-13-4-6-19(7-5-13)10-14(20)15-2/h9,13,16H,4-8,10H2,1-3H3,(H,15,20). The summed E-state index contributed by atoms with van der Waals surface area (Å²) in [5.74, 6) is 0.0994. The molecule has 6 nitrogen and oxygen atoms in total. The third-order valence-electron chi connectivity index (χ3n) is 4.15. The molecule has 6 heteroatoms. The quantitative estimate of drug-likeness (QED) is 0.798. The molecule has 1 aliphatic heterocycles. The molecule has 2 N–H and O–H groups in total. The molecular weight excluding hydrogens is 254 g/mol. The Morgan fingerprint density at radius 2 is 2.15 bits per heavy atom. The van der Waals surface area contributed by atoms with E-state index in [4.69, 9.17) is 0 Å². The monoisotopic (exact) mass is 279 g/mol. The number of hydrogen-bond donors (Lipinski definition) is 2. The van der Waals surface area contributed by atoms with E-state index in [1.54, 1.807) is 7.05 Å². The number of aromatic nitrogens is 2. The molecular formula is C14H25N5O. The number of rotatable bonds is 5. The first-order chi connectivity index (χ1) is 9.60. The minimum atomic E-state index is 0.0994. The van der Waals surface area contributed by atoms with Gasteiger partial charge in [0.05, 0.1) is 12.7 Å². The van der Waals surface area contributed by atoms with Gasteiger partial charge < -0.3 is 10.6 Å². The average Bonchev–Trinajstić information content (AvgIpc) is 2.78. The molecule has 1 amide bonds. The number of amides is 1. The van der Waals surface area contributed by atoms with Crippen LogP contribution in [-0.2, 0) is 18.4 Å². The van der Waals surface area contributed by atoms with Gasteiger partial charge in [0.2, 0.25) is 5.91 Å². The van der Waals surface area contributed by atoms with Crippen molar-refractivity contribution in [2.45, 2.75) is 32.4 Å². The van der Waals surface area contributed by atoms with E-state index in [0.29, 0.717) is 12.6 Å². The topological polar surface area (TPSA) is 62.2 Å².